The molecular formula is C30H26ClFN6O7S. The molecule has 0 radical (unpaired) electrons. The fraction of sp³-hybridized carbons (Fsp3) is 0.233. The highest BCUT2D eigenvalue weighted by Gasteiger charge is 2.30. The quantitative estimate of drug-likeness (QED) is 0.168. The predicted molar refractivity (Wildman–Crippen MR) is 168 cm³/mol. The minimum atomic E-state index is -1.82. The molecule has 0 atom stereocenters. The molecule has 16 heteroatoms. The van der Waals surface area contributed by atoms with Crippen LogP contribution in [0.2, 0.25) is 5.02 Å². The van der Waals surface area contributed by atoms with Crippen molar-refractivity contribution in [1.29, 1.82) is 5.26 Å². The van der Waals surface area contributed by atoms with Crippen molar-refractivity contribution < 1.29 is 38.5 Å². The van der Waals surface area contributed by atoms with Crippen LogP contribution < -0.4 is 20.3 Å². The summed E-state index contributed by atoms with van der Waals surface area (Å²) in [6, 6.07) is 14.5. The van der Waals surface area contributed by atoms with E-state index in [2.05, 4.69) is 20.6 Å². The van der Waals surface area contributed by atoms with Gasteiger partial charge in [-0.15, -0.1) is 0 Å². The number of anilines is 4. The highest BCUT2D eigenvalue weighted by atomic mass is 35.5. The van der Waals surface area contributed by atoms with Crippen LogP contribution in [-0.2, 0) is 14.4 Å². The topological polar surface area (TPSA) is 195 Å². The van der Waals surface area contributed by atoms with Gasteiger partial charge in [0.1, 0.15) is 33.8 Å². The SMILES string of the molecule is CN(c1ccc(F)c(NC(=O)c2cccc(OC(C)(C)C#N)c2Cl)c1)c1ccc2nc(NC(=O)C3CC3)sc2n1.O=C(O)C(=O)O. The highest BCUT2D eigenvalue weighted by molar-refractivity contribution is 7.22. The van der Waals surface area contributed by atoms with E-state index in [1.165, 1.54) is 29.5 Å². The number of pyridine rings is 1. The molecule has 0 bridgehead atoms. The largest absolute Gasteiger partial charge is 0.473 e. The number of hydrogen-bond donors (Lipinski definition) is 4. The summed E-state index contributed by atoms with van der Waals surface area (Å²) in [5.41, 5.74) is 0.0633. The summed E-state index contributed by atoms with van der Waals surface area (Å²) in [5.74, 6) is -4.16. The number of carbonyl (C=O) groups excluding carboxylic acids is 2. The summed E-state index contributed by atoms with van der Waals surface area (Å²) in [6.45, 7) is 3.14. The number of carboxylic acid groups (broad SMARTS) is 2. The molecule has 238 valence electrons. The van der Waals surface area contributed by atoms with Crippen LogP contribution in [0.4, 0.5) is 26.7 Å². The van der Waals surface area contributed by atoms with Crippen LogP contribution in [0.1, 0.15) is 37.0 Å². The molecule has 46 heavy (non-hydrogen) atoms. The van der Waals surface area contributed by atoms with Gasteiger partial charge < -0.3 is 30.5 Å². The maximum absolute atomic E-state index is 14.8. The van der Waals surface area contributed by atoms with Crippen LogP contribution in [-0.4, -0.2) is 56.6 Å². The molecule has 13 nitrogen and oxygen atoms in total. The fourth-order valence-electron chi connectivity index (χ4n) is 3.80. The molecule has 1 fully saturated rings. The molecule has 4 N–H and O–H groups in total. The minimum absolute atomic E-state index is 0.00626. The van der Waals surface area contributed by atoms with Crippen molar-refractivity contribution in [2.24, 2.45) is 5.92 Å². The molecule has 2 aromatic carbocycles. The lowest BCUT2D eigenvalue weighted by molar-refractivity contribution is -0.159. The lowest BCUT2D eigenvalue weighted by Gasteiger charge is -2.20. The summed E-state index contributed by atoms with van der Waals surface area (Å²) in [7, 11) is 1.76. The molecule has 1 aliphatic carbocycles. The normalized spacial score (nSPS) is 12.3. The van der Waals surface area contributed by atoms with E-state index in [4.69, 9.17) is 36.1 Å². The number of nitrogens with zero attached hydrogens (tertiary/aromatic N) is 4. The van der Waals surface area contributed by atoms with Crippen molar-refractivity contribution in [2.75, 3.05) is 22.6 Å². The van der Waals surface area contributed by atoms with Gasteiger partial charge in [-0.25, -0.2) is 23.9 Å². The van der Waals surface area contributed by atoms with Crippen molar-refractivity contribution in [2.45, 2.75) is 32.3 Å². The molecule has 1 aliphatic rings. The molecule has 0 aliphatic heterocycles. The number of thiazole rings is 1. The smallest absolute Gasteiger partial charge is 0.414 e. The Morgan fingerprint density at radius 1 is 1.09 bits per heavy atom. The molecule has 0 spiro atoms. The average Bonchev–Trinajstić information content (AvgIpc) is 3.79. The summed E-state index contributed by atoms with van der Waals surface area (Å²) in [4.78, 5) is 54.8. The van der Waals surface area contributed by atoms with E-state index in [0.29, 0.717) is 27.0 Å². The van der Waals surface area contributed by atoms with Crippen molar-refractivity contribution in [3.8, 4) is 11.8 Å². The van der Waals surface area contributed by atoms with Crippen LogP contribution >= 0.6 is 22.9 Å². The van der Waals surface area contributed by atoms with Crippen molar-refractivity contribution in [1.82, 2.24) is 9.97 Å². The van der Waals surface area contributed by atoms with Gasteiger partial charge in [-0.1, -0.05) is 29.0 Å². The second-order valence-electron chi connectivity index (χ2n) is 10.4. The first kappa shape index (κ1) is 33.6. The van der Waals surface area contributed by atoms with Gasteiger partial charge in [0, 0.05) is 18.7 Å². The molecule has 2 amide bonds. The number of benzene rings is 2. The first-order valence-electron chi connectivity index (χ1n) is 13.5. The third kappa shape index (κ3) is 8.23. The Hall–Kier alpha value is -5.33. The third-order valence-electron chi connectivity index (χ3n) is 6.37. The molecule has 0 saturated heterocycles. The molecule has 1 saturated carbocycles. The molecule has 2 heterocycles. The second-order valence-corrected chi connectivity index (χ2v) is 11.8. The maximum atomic E-state index is 14.8. The zero-order chi connectivity index (χ0) is 33.8. The lowest BCUT2D eigenvalue weighted by Crippen LogP contribution is -2.26. The first-order valence-corrected chi connectivity index (χ1v) is 14.7. The summed E-state index contributed by atoms with van der Waals surface area (Å²) in [6.07, 6.45) is 1.80. The van der Waals surface area contributed by atoms with Gasteiger partial charge in [0.15, 0.2) is 10.7 Å². The number of aromatic nitrogens is 2. The third-order valence-corrected chi connectivity index (χ3v) is 7.64. The van der Waals surface area contributed by atoms with Gasteiger partial charge >= 0.3 is 11.9 Å². The van der Waals surface area contributed by atoms with Crippen LogP contribution in [0.3, 0.4) is 0 Å². The van der Waals surface area contributed by atoms with E-state index in [1.807, 2.05) is 6.07 Å². The monoisotopic (exact) mass is 668 g/mol. The number of nitriles is 1. The number of aliphatic carboxylic acids is 2. The number of ether oxygens (including phenoxy) is 1. The van der Waals surface area contributed by atoms with Crippen LogP contribution in [0, 0.1) is 23.1 Å². The Labute approximate surface area is 270 Å². The molecule has 2 aromatic heterocycles. The fourth-order valence-corrected chi connectivity index (χ4v) is 4.89. The van der Waals surface area contributed by atoms with Crippen molar-refractivity contribution >= 4 is 79.4 Å². The van der Waals surface area contributed by atoms with Crippen molar-refractivity contribution in [3.05, 3.63) is 64.9 Å². The number of hydrogen-bond acceptors (Lipinski definition) is 10. The molecular weight excluding hydrogens is 643 g/mol. The van der Waals surface area contributed by atoms with Gasteiger partial charge in [0.25, 0.3) is 5.91 Å². The van der Waals surface area contributed by atoms with Gasteiger partial charge in [0.05, 0.1) is 16.3 Å². The second kappa shape index (κ2) is 13.8. The summed E-state index contributed by atoms with van der Waals surface area (Å²) >= 11 is 7.68. The molecule has 0 unspecified atom stereocenters. The summed E-state index contributed by atoms with van der Waals surface area (Å²) in [5, 5.41) is 29.9. The number of carboxylic acids is 2. The minimum Gasteiger partial charge on any atom is -0.473 e. The van der Waals surface area contributed by atoms with Gasteiger partial charge in [-0.3, -0.25) is 9.59 Å². The molecule has 4 aromatic rings. The number of carbonyl (C=O) groups is 4. The van der Waals surface area contributed by atoms with E-state index in [0.717, 1.165) is 12.8 Å². The Kier molecular flexibility index (Phi) is 10.0. The zero-order valence-corrected chi connectivity index (χ0v) is 26.1. The van der Waals surface area contributed by atoms with E-state index < -0.39 is 29.3 Å². The van der Waals surface area contributed by atoms with Crippen molar-refractivity contribution in [3.63, 3.8) is 0 Å². The van der Waals surface area contributed by atoms with Crippen LogP contribution in [0.5, 0.6) is 5.75 Å². The van der Waals surface area contributed by atoms with E-state index >= 15 is 0 Å². The average molecular weight is 669 g/mol. The Balaban J connectivity index is 0.000000731. The van der Waals surface area contributed by atoms with Gasteiger partial charge in [0.2, 0.25) is 5.91 Å². The van der Waals surface area contributed by atoms with Crippen LogP contribution in [0.25, 0.3) is 10.3 Å². The summed E-state index contributed by atoms with van der Waals surface area (Å²) < 4.78 is 20.4. The number of amides is 2. The van der Waals surface area contributed by atoms with Gasteiger partial charge in [-0.2, -0.15) is 5.26 Å². The lowest BCUT2D eigenvalue weighted by atomic mass is 10.1. The first-order chi connectivity index (χ1) is 21.7. The highest BCUT2D eigenvalue weighted by Crippen LogP contribution is 2.35. The number of nitrogens with one attached hydrogen (secondary N) is 2. The number of halogens is 2. The Bertz CT molecular complexity index is 1880. The number of rotatable bonds is 8. The predicted octanol–water partition coefficient (Wildman–Crippen LogP) is 5.69. The van der Waals surface area contributed by atoms with E-state index in [9.17, 15) is 19.2 Å². The Morgan fingerprint density at radius 2 is 1.78 bits per heavy atom. The standard InChI is InChI=1S/C28H24ClFN6O3S.C2H2O4/c1-28(2,14-31)39-21-6-4-5-17(23(21)29)25(38)32-20-13-16(9-10-18(20)30)36(3)22-12-11-19-26(34-22)40-27(33-19)35-24(37)15-7-8-15;3-1(4)2(5)6/h4-6,9-13,15H,7-8H2,1-3H3,(H,32,38)(H,33,35,37);(H,3,4)(H,5,6). The zero-order valence-electron chi connectivity index (χ0n) is 24.5. The Morgan fingerprint density at radius 3 is 2.41 bits per heavy atom. The maximum Gasteiger partial charge on any atom is 0.414 e. The molecule has 5 rings (SSSR count). The van der Waals surface area contributed by atoms with Crippen LogP contribution in [0.15, 0.2) is 48.5 Å². The van der Waals surface area contributed by atoms with E-state index in [-0.39, 0.29) is 33.8 Å². The number of fused-ring (bicyclic) bond motifs is 1. The van der Waals surface area contributed by atoms with E-state index in [1.54, 1.807) is 56.1 Å². The van der Waals surface area contributed by atoms with Gasteiger partial charge in [-0.05, 0) is 69.2 Å².